The second kappa shape index (κ2) is 10.4. The van der Waals surface area contributed by atoms with Crippen molar-refractivity contribution >= 4 is 15.9 Å². The molecule has 0 radical (unpaired) electrons. The molecule has 1 amide bonds. The van der Waals surface area contributed by atoms with Gasteiger partial charge in [0.05, 0.1) is 10.9 Å². The second-order valence-corrected chi connectivity index (χ2v) is 9.48. The van der Waals surface area contributed by atoms with E-state index in [2.05, 4.69) is 10.0 Å². The summed E-state index contributed by atoms with van der Waals surface area (Å²) in [4.78, 5) is 12.1. The topological polar surface area (TPSA) is 84.5 Å². The predicted molar refractivity (Wildman–Crippen MR) is 125 cm³/mol. The summed E-state index contributed by atoms with van der Waals surface area (Å²) in [7, 11) is -3.82. The second-order valence-electron chi connectivity index (χ2n) is 7.77. The minimum Gasteiger partial charge on any atom is -0.481 e. The van der Waals surface area contributed by atoms with Gasteiger partial charge in [0, 0.05) is 6.04 Å². The minimum atomic E-state index is -3.82. The number of hydrogen-bond acceptors (Lipinski definition) is 4. The first-order valence-electron chi connectivity index (χ1n) is 10.5. The molecule has 0 saturated heterocycles. The summed E-state index contributed by atoms with van der Waals surface area (Å²) >= 11 is 0. The van der Waals surface area contributed by atoms with Crippen LogP contribution in [-0.2, 0) is 14.8 Å². The summed E-state index contributed by atoms with van der Waals surface area (Å²) in [5.74, 6) is 0.185. The largest absolute Gasteiger partial charge is 0.481 e. The van der Waals surface area contributed by atoms with E-state index in [9.17, 15) is 13.2 Å². The molecule has 0 spiro atoms. The standard InChI is InChI=1S/C25H28N2O4S/c1-18(2)26-25(28)19(3)31-22-14-16-23(17-15-22)32(29,30)27-24(20-10-6-4-7-11-20)21-12-8-5-9-13-21/h4-19,24,27H,1-3H3,(H,26,28)/t19-/m0/s1. The van der Waals surface area contributed by atoms with Crippen molar-refractivity contribution in [1.29, 1.82) is 0 Å². The lowest BCUT2D eigenvalue weighted by molar-refractivity contribution is -0.127. The molecule has 0 aliphatic rings. The van der Waals surface area contributed by atoms with Crippen LogP contribution in [0.1, 0.15) is 37.9 Å². The van der Waals surface area contributed by atoms with Gasteiger partial charge in [-0.1, -0.05) is 60.7 Å². The Hall–Kier alpha value is -3.16. The smallest absolute Gasteiger partial charge is 0.260 e. The Balaban J connectivity index is 1.78. The summed E-state index contributed by atoms with van der Waals surface area (Å²) in [5, 5.41) is 2.78. The number of benzene rings is 3. The third-order valence-corrected chi connectivity index (χ3v) is 6.22. The molecule has 1 atom stereocenters. The Morgan fingerprint density at radius 1 is 0.781 bits per heavy atom. The Labute approximate surface area is 189 Å². The van der Waals surface area contributed by atoms with Gasteiger partial charge < -0.3 is 10.1 Å². The van der Waals surface area contributed by atoms with Crippen LogP contribution in [0.3, 0.4) is 0 Å². The number of ether oxygens (including phenoxy) is 1. The molecule has 3 rings (SSSR count). The van der Waals surface area contributed by atoms with Crippen LogP contribution in [0.25, 0.3) is 0 Å². The average Bonchev–Trinajstić information content (AvgIpc) is 2.78. The van der Waals surface area contributed by atoms with Gasteiger partial charge in [0.2, 0.25) is 10.0 Å². The highest BCUT2D eigenvalue weighted by molar-refractivity contribution is 7.89. The third kappa shape index (κ3) is 6.18. The Morgan fingerprint density at radius 2 is 1.28 bits per heavy atom. The molecule has 0 heterocycles. The fraction of sp³-hybridized carbons (Fsp3) is 0.240. The highest BCUT2D eigenvalue weighted by Gasteiger charge is 2.23. The zero-order chi connectivity index (χ0) is 23.1. The molecule has 0 aliphatic carbocycles. The first kappa shape index (κ1) is 23.5. The number of carbonyl (C=O) groups is 1. The highest BCUT2D eigenvalue weighted by atomic mass is 32.2. The van der Waals surface area contributed by atoms with Crippen LogP contribution in [0, 0.1) is 0 Å². The van der Waals surface area contributed by atoms with E-state index in [-0.39, 0.29) is 16.8 Å². The highest BCUT2D eigenvalue weighted by Crippen LogP contribution is 2.25. The zero-order valence-corrected chi connectivity index (χ0v) is 19.2. The van der Waals surface area contributed by atoms with Crippen molar-refractivity contribution in [3.63, 3.8) is 0 Å². The van der Waals surface area contributed by atoms with E-state index in [4.69, 9.17) is 4.74 Å². The van der Waals surface area contributed by atoms with Gasteiger partial charge in [-0.2, -0.15) is 4.72 Å². The van der Waals surface area contributed by atoms with E-state index in [0.29, 0.717) is 5.75 Å². The molecule has 0 unspecified atom stereocenters. The molecule has 3 aromatic carbocycles. The molecule has 6 nitrogen and oxygen atoms in total. The van der Waals surface area contributed by atoms with Gasteiger partial charge in [0.15, 0.2) is 6.10 Å². The summed E-state index contributed by atoms with van der Waals surface area (Å²) in [6.45, 7) is 5.39. The molecule has 168 valence electrons. The number of nitrogens with one attached hydrogen (secondary N) is 2. The van der Waals surface area contributed by atoms with Crippen molar-refractivity contribution in [1.82, 2.24) is 10.0 Å². The summed E-state index contributed by atoms with van der Waals surface area (Å²) < 4.78 is 34.7. The number of carbonyl (C=O) groups excluding carboxylic acids is 1. The van der Waals surface area contributed by atoms with Crippen molar-refractivity contribution < 1.29 is 17.9 Å². The molecule has 0 saturated carbocycles. The van der Waals surface area contributed by atoms with Crippen LogP contribution in [0.5, 0.6) is 5.75 Å². The first-order chi connectivity index (χ1) is 15.3. The number of rotatable bonds is 9. The summed E-state index contributed by atoms with van der Waals surface area (Å²) in [6, 6.07) is 24.4. The quantitative estimate of drug-likeness (QED) is 0.513. The van der Waals surface area contributed by atoms with Crippen molar-refractivity contribution in [2.24, 2.45) is 0 Å². The van der Waals surface area contributed by atoms with Crippen LogP contribution in [-0.4, -0.2) is 26.5 Å². The van der Waals surface area contributed by atoms with Crippen molar-refractivity contribution in [2.45, 2.75) is 43.9 Å². The molecular weight excluding hydrogens is 424 g/mol. The molecule has 0 aromatic heterocycles. The summed E-state index contributed by atoms with van der Waals surface area (Å²) in [5.41, 5.74) is 1.68. The fourth-order valence-corrected chi connectivity index (χ4v) is 4.41. The lowest BCUT2D eigenvalue weighted by Gasteiger charge is -2.20. The van der Waals surface area contributed by atoms with Gasteiger partial charge >= 0.3 is 0 Å². The fourth-order valence-electron chi connectivity index (χ4n) is 3.20. The minimum absolute atomic E-state index is 0.00863. The van der Waals surface area contributed by atoms with E-state index in [0.717, 1.165) is 11.1 Å². The van der Waals surface area contributed by atoms with Crippen LogP contribution in [0.4, 0.5) is 0 Å². The summed E-state index contributed by atoms with van der Waals surface area (Å²) in [6.07, 6.45) is -0.696. The van der Waals surface area contributed by atoms with Crippen molar-refractivity contribution in [3.05, 3.63) is 96.1 Å². The maximum absolute atomic E-state index is 13.1. The van der Waals surface area contributed by atoms with Crippen LogP contribution < -0.4 is 14.8 Å². The molecule has 3 aromatic rings. The maximum Gasteiger partial charge on any atom is 0.260 e. The average molecular weight is 453 g/mol. The van der Waals surface area contributed by atoms with Gasteiger partial charge in [-0.15, -0.1) is 0 Å². The van der Waals surface area contributed by atoms with E-state index in [1.807, 2.05) is 74.5 Å². The van der Waals surface area contributed by atoms with Crippen LogP contribution >= 0.6 is 0 Å². The molecule has 2 N–H and O–H groups in total. The van der Waals surface area contributed by atoms with Gasteiger partial charge in [-0.05, 0) is 56.2 Å². The van der Waals surface area contributed by atoms with Crippen molar-refractivity contribution in [2.75, 3.05) is 0 Å². The molecular formula is C25H28N2O4S. The molecule has 7 heteroatoms. The molecule has 0 fully saturated rings. The van der Waals surface area contributed by atoms with Gasteiger partial charge in [-0.3, -0.25) is 4.79 Å². The Bertz CT molecular complexity index is 1080. The van der Waals surface area contributed by atoms with Crippen molar-refractivity contribution in [3.8, 4) is 5.75 Å². The van der Waals surface area contributed by atoms with E-state index in [1.54, 1.807) is 19.1 Å². The van der Waals surface area contributed by atoms with E-state index < -0.39 is 22.2 Å². The Kier molecular flexibility index (Phi) is 7.66. The lowest BCUT2D eigenvalue weighted by Crippen LogP contribution is -2.40. The van der Waals surface area contributed by atoms with Gasteiger partial charge in [-0.25, -0.2) is 8.42 Å². The first-order valence-corrected chi connectivity index (χ1v) is 11.9. The number of amides is 1. The zero-order valence-electron chi connectivity index (χ0n) is 18.4. The Morgan fingerprint density at radius 3 is 1.75 bits per heavy atom. The number of hydrogen-bond donors (Lipinski definition) is 2. The normalized spacial score (nSPS) is 12.5. The van der Waals surface area contributed by atoms with Gasteiger partial charge in [0.1, 0.15) is 5.75 Å². The lowest BCUT2D eigenvalue weighted by atomic mass is 10.00. The monoisotopic (exact) mass is 452 g/mol. The molecule has 0 bridgehead atoms. The number of sulfonamides is 1. The van der Waals surface area contributed by atoms with Crippen LogP contribution in [0.2, 0.25) is 0 Å². The predicted octanol–water partition coefficient (Wildman–Crippen LogP) is 4.05. The van der Waals surface area contributed by atoms with E-state index >= 15 is 0 Å². The van der Waals surface area contributed by atoms with Crippen LogP contribution in [0.15, 0.2) is 89.8 Å². The maximum atomic E-state index is 13.1. The molecule has 32 heavy (non-hydrogen) atoms. The SMILES string of the molecule is CC(C)NC(=O)[C@H](C)Oc1ccc(S(=O)(=O)NC(c2ccccc2)c2ccccc2)cc1. The van der Waals surface area contributed by atoms with E-state index in [1.165, 1.54) is 12.1 Å². The molecule has 0 aliphatic heterocycles. The third-order valence-electron chi connectivity index (χ3n) is 4.79. The van der Waals surface area contributed by atoms with Gasteiger partial charge in [0.25, 0.3) is 5.91 Å².